The summed E-state index contributed by atoms with van der Waals surface area (Å²) in [6.45, 7) is 8.24. The molecule has 0 spiro atoms. The number of ether oxygens (including phenoxy) is 1. The monoisotopic (exact) mass is 254 g/mol. The number of hydrogen-bond acceptors (Lipinski definition) is 4. The average Bonchev–Trinajstić information content (AvgIpc) is 2.77. The summed E-state index contributed by atoms with van der Waals surface area (Å²) in [6.07, 6.45) is 3.53. The highest BCUT2D eigenvalue weighted by atomic mass is 32.1. The van der Waals surface area contributed by atoms with Crippen LogP contribution in [0.5, 0.6) is 0 Å². The van der Waals surface area contributed by atoms with Gasteiger partial charge in [0, 0.05) is 17.7 Å². The third-order valence-electron chi connectivity index (χ3n) is 3.46. The zero-order valence-electron chi connectivity index (χ0n) is 11.0. The van der Waals surface area contributed by atoms with E-state index in [4.69, 9.17) is 9.72 Å². The van der Waals surface area contributed by atoms with Gasteiger partial charge in [0.2, 0.25) is 0 Å². The smallest absolute Gasteiger partial charge is 0.113 e. The van der Waals surface area contributed by atoms with E-state index in [9.17, 15) is 0 Å². The summed E-state index contributed by atoms with van der Waals surface area (Å²) in [7, 11) is 0. The largest absolute Gasteiger partial charge is 0.378 e. The molecule has 0 radical (unpaired) electrons. The number of aryl methyl sites for hydroxylation is 1. The molecular formula is C13H22N2OS. The van der Waals surface area contributed by atoms with Gasteiger partial charge in [-0.05, 0) is 32.7 Å². The van der Waals surface area contributed by atoms with Crippen molar-refractivity contribution in [3.63, 3.8) is 0 Å². The van der Waals surface area contributed by atoms with Crippen LogP contribution in [0.2, 0.25) is 0 Å². The third kappa shape index (κ3) is 2.69. The van der Waals surface area contributed by atoms with Gasteiger partial charge in [0.1, 0.15) is 5.01 Å². The van der Waals surface area contributed by atoms with Crippen molar-refractivity contribution in [1.29, 1.82) is 0 Å². The van der Waals surface area contributed by atoms with Crippen LogP contribution in [0, 0.1) is 6.92 Å². The van der Waals surface area contributed by atoms with Crippen LogP contribution in [-0.2, 0) is 10.3 Å². The predicted octanol–water partition coefficient (Wildman–Crippen LogP) is 2.85. The minimum Gasteiger partial charge on any atom is -0.378 e. The lowest BCUT2D eigenvalue weighted by Gasteiger charge is -2.40. The Balaban J connectivity index is 2.25. The van der Waals surface area contributed by atoms with E-state index in [-0.39, 0.29) is 5.54 Å². The number of nitrogens with zero attached hydrogens (tertiary/aromatic N) is 1. The van der Waals surface area contributed by atoms with Crippen molar-refractivity contribution in [3.05, 3.63) is 16.1 Å². The first-order valence-electron chi connectivity index (χ1n) is 6.49. The topological polar surface area (TPSA) is 34.2 Å². The quantitative estimate of drug-likeness (QED) is 0.897. The molecule has 1 N–H and O–H groups in total. The maximum Gasteiger partial charge on any atom is 0.113 e. The van der Waals surface area contributed by atoms with Crippen molar-refractivity contribution in [3.8, 4) is 0 Å². The molecule has 0 aromatic carbocycles. The molecule has 2 atom stereocenters. The molecule has 0 saturated carbocycles. The van der Waals surface area contributed by atoms with Gasteiger partial charge >= 0.3 is 0 Å². The lowest BCUT2D eigenvalue weighted by atomic mass is 9.86. The second-order valence-corrected chi connectivity index (χ2v) is 5.62. The summed E-state index contributed by atoms with van der Waals surface area (Å²) in [5.74, 6) is 0. The fourth-order valence-corrected chi connectivity index (χ4v) is 3.57. The second-order valence-electron chi connectivity index (χ2n) is 4.76. The molecule has 1 aliphatic heterocycles. The van der Waals surface area contributed by atoms with Gasteiger partial charge in [0.25, 0.3) is 0 Å². The molecule has 1 aromatic heterocycles. The standard InChI is InChI=1S/C13H22N2OS/c1-4-11-8-13(14-5-2,6-7-16-11)12-15-10(3)9-17-12/h9,11,14H,4-8H2,1-3H3. The molecule has 2 rings (SSSR count). The maximum atomic E-state index is 5.79. The Kier molecular flexibility index (Phi) is 4.17. The van der Waals surface area contributed by atoms with Gasteiger partial charge in [-0.15, -0.1) is 11.3 Å². The zero-order chi connectivity index (χ0) is 12.3. The van der Waals surface area contributed by atoms with Crippen molar-refractivity contribution in [2.45, 2.75) is 51.7 Å². The molecule has 1 fully saturated rings. The Labute approximate surface area is 108 Å². The van der Waals surface area contributed by atoms with Gasteiger partial charge in [0.15, 0.2) is 0 Å². The zero-order valence-corrected chi connectivity index (χ0v) is 11.8. The highest BCUT2D eigenvalue weighted by Crippen LogP contribution is 2.37. The van der Waals surface area contributed by atoms with Crippen LogP contribution in [-0.4, -0.2) is 24.2 Å². The first-order valence-corrected chi connectivity index (χ1v) is 7.37. The van der Waals surface area contributed by atoms with E-state index in [1.54, 1.807) is 11.3 Å². The first-order chi connectivity index (χ1) is 8.20. The minimum absolute atomic E-state index is 0.0482. The summed E-state index contributed by atoms with van der Waals surface area (Å²) in [4.78, 5) is 4.69. The van der Waals surface area contributed by atoms with Crippen LogP contribution in [0.15, 0.2) is 5.38 Å². The Bertz CT molecular complexity index is 362. The number of aromatic nitrogens is 1. The summed E-state index contributed by atoms with van der Waals surface area (Å²) in [5.41, 5.74) is 1.17. The van der Waals surface area contributed by atoms with Crippen molar-refractivity contribution < 1.29 is 4.74 Å². The normalized spacial score (nSPS) is 29.5. The fourth-order valence-electron chi connectivity index (χ4n) is 2.55. The molecule has 17 heavy (non-hydrogen) atoms. The van der Waals surface area contributed by atoms with Gasteiger partial charge in [-0.2, -0.15) is 0 Å². The van der Waals surface area contributed by atoms with Crippen LogP contribution < -0.4 is 5.32 Å². The summed E-state index contributed by atoms with van der Waals surface area (Å²) in [5, 5.41) is 7.04. The second kappa shape index (κ2) is 5.46. The van der Waals surface area contributed by atoms with E-state index in [0.29, 0.717) is 6.10 Å². The molecule has 0 aliphatic carbocycles. The molecule has 2 unspecified atom stereocenters. The Morgan fingerprint density at radius 2 is 2.41 bits per heavy atom. The molecule has 1 saturated heterocycles. The molecule has 0 bridgehead atoms. The molecule has 4 heteroatoms. The summed E-state index contributed by atoms with van der Waals surface area (Å²) in [6, 6.07) is 0. The Morgan fingerprint density at radius 1 is 1.59 bits per heavy atom. The lowest BCUT2D eigenvalue weighted by Crippen LogP contribution is -2.49. The van der Waals surface area contributed by atoms with Crippen molar-refractivity contribution in [2.24, 2.45) is 0 Å². The van der Waals surface area contributed by atoms with Gasteiger partial charge in [0.05, 0.1) is 11.6 Å². The molecule has 96 valence electrons. The van der Waals surface area contributed by atoms with Crippen LogP contribution in [0.3, 0.4) is 0 Å². The number of thiazole rings is 1. The van der Waals surface area contributed by atoms with Crippen LogP contribution in [0.25, 0.3) is 0 Å². The Hall–Kier alpha value is -0.450. The highest BCUT2D eigenvalue weighted by molar-refractivity contribution is 7.09. The average molecular weight is 254 g/mol. The molecule has 0 amide bonds. The molecule has 1 aliphatic rings. The van der Waals surface area contributed by atoms with Crippen molar-refractivity contribution >= 4 is 11.3 Å². The van der Waals surface area contributed by atoms with Crippen LogP contribution in [0.1, 0.15) is 43.8 Å². The highest BCUT2D eigenvalue weighted by Gasteiger charge is 2.39. The third-order valence-corrected chi connectivity index (χ3v) is 4.62. The minimum atomic E-state index is 0.0482. The SMILES string of the molecule is CCNC1(c2nc(C)cs2)CCOC(CC)C1. The maximum absolute atomic E-state index is 5.79. The number of nitrogens with one attached hydrogen (secondary N) is 1. The van der Waals surface area contributed by atoms with E-state index in [1.807, 2.05) is 0 Å². The van der Waals surface area contributed by atoms with Gasteiger partial charge < -0.3 is 10.1 Å². The van der Waals surface area contributed by atoms with Crippen molar-refractivity contribution in [2.75, 3.05) is 13.2 Å². The van der Waals surface area contributed by atoms with E-state index >= 15 is 0 Å². The predicted molar refractivity (Wildman–Crippen MR) is 71.5 cm³/mol. The molecule has 2 heterocycles. The lowest BCUT2D eigenvalue weighted by molar-refractivity contribution is -0.0319. The van der Waals surface area contributed by atoms with Crippen LogP contribution >= 0.6 is 11.3 Å². The summed E-state index contributed by atoms with van der Waals surface area (Å²) >= 11 is 1.78. The first kappa shape index (κ1) is 13.0. The van der Waals surface area contributed by atoms with Gasteiger partial charge in [-0.1, -0.05) is 13.8 Å². The fraction of sp³-hybridized carbons (Fsp3) is 0.769. The summed E-state index contributed by atoms with van der Waals surface area (Å²) < 4.78 is 5.79. The van der Waals surface area contributed by atoms with Crippen molar-refractivity contribution in [1.82, 2.24) is 10.3 Å². The number of hydrogen-bond donors (Lipinski definition) is 1. The molecule has 3 nitrogen and oxygen atoms in total. The number of rotatable bonds is 4. The van der Waals surface area contributed by atoms with Gasteiger partial charge in [-0.25, -0.2) is 4.98 Å². The van der Waals surface area contributed by atoms with Gasteiger partial charge in [-0.3, -0.25) is 0 Å². The van der Waals surface area contributed by atoms with E-state index in [0.717, 1.165) is 38.1 Å². The van der Waals surface area contributed by atoms with E-state index in [1.165, 1.54) is 5.01 Å². The van der Waals surface area contributed by atoms with E-state index in [2.05, 4.69) is 31.5 Å². The van der Waals surface area contributed by atoms with E-state index < -0.39 is 0 Å². The molecule has 1 aromatic rings. The molecular weight excluding hydrogens is 232 g/mol. The Morgan fingerprint density at radius 3 is 3.00 bits per heavy atom. The van der Waals surface area contributed by atoms with Crippen LogP contribution in [0.4, 0.5) is 0 Å².